The maximum absolute atomic E-state index is 5.61. The summed E-state index contributed by atoms with van der Waals surface area (Å²) < 4.78 is 6.52. The molecule has 0 spiro atoms. The van der Waals surface area contributed by atoms with Gasteiger partial charge in [0.25, 0.3) is 0 Å². The molecule has 0 fully saturated rings. The van der Waals surface area contributed by atoms with Crippen LogP contribution in [0.5, 0.6) is 5.75 Å². The monoisotopic (exact) mass is 228 g/mol. The zero-order valence-corrected chi connectivity index (χ0v) is 8.26. The van der Waals surface area contributed by atoms with Crippen molar-refractivity contribution in [3.8, 4) is 5.75 Å². The van der Waals surface area contributed by atoms with Gasteiger partial charge in [0.1, 0.15) is 6.10 Å². The van der Waals surface area contributed by atoms with Crippen LogP contribution in [0.15, 0.2) is 16.9 Å². The van der Waals surface area contributed by atoms with Gasteiger partial charge >= 0.3 is 0 Å². The van der Waals surface area contributed by atoms with E-state index in [1.807, 2.05) is 6.92 Å². The zero-order chi connectivity index (χ0) is 8.55. The molecule has 0 bridgehead atoms. The number of rotatable bonds is 0. The summed E-state index contributed by atoms with van der Waals surface area (Å²) in [6.07, 6.45) is 3.72. The van der Waals surface area contributed by atoms with E-state index in [9.17, 15) is 0 Å². The number of pyridine rings is 1. The Kier molecular flexibility index (Phi) is 1.92. The lowest BCUT2D eigenvalue weighted by atomic mass is 10.3. The Hall–Kier alpha value is -0.770. The van der Waals surface area contributed by atoms with Crippen molar-refractivity contribution in [1.29, 1.82) is 0 Å². The molecule has 1 aliphatic heterocycles. The Bertz CT molecular complexity index is 303. The van der Waals surface area contributed by atoms with Crippen molar-refractivity contribution in [2.24, 2.45) is 0 Å². The molecule has 1 aromatic heterocycles. The molecule has 0 aromatic carbocycles. The van der Waals surface area contributed by atoms with Crippen LogP contribution in [0.3, 0.4) is 0 Å². The van der Waals surface area contributed by atoms with Gasteiger partial charge in [0.15, 0.2) is 5.75 Å². The fraction of sp³-hybridized carbons (Fsp3) is 0.375. The van der Waals surface area contributed by atoms with Crippen molar-refractivity contribution in [2.45, 2.75) is 13.0 Å². The maximum atomic E-state index is 5.61. The van der Waals surface area contributed by atoms with Gasteiger partial charge in [-0.3, -0.25) is 4.98 Å². The fourth-order valence-electron chi connectivity index (χ4n) is 1.17. The molecule has 64 valence electrons. The zero-order valence-electron chi connectivity index (χ0n) is 6.67. The van der Waals surface area contributed by atoms with Crippen molar-refractivity contribution < 1.29 is 4.74 Å². The molecule has 12 heavy (non-hydrogen) atoms. The van der Waals surface area contributed by atoms with Gasteiger partial charge in [-0.05, 0) is 22.9 Å². The highest BCUT2D eigenvalue weighted by molar-refractivity contribution is 9.10. The Balaban J connectivity index is 2.43. The number of aromatic nitrogens is 1. The van der Waals surface area contributed by atoms with Crippen LogP contribution >= 0.6 is 15.9 Å². The third-order valence-corrected chi connectivity index (χ3v) is 2.32. The van der Waals surface area contributed by atoms with Crippen LogP contribution in [-0.4, -0.2) is 17.6 Å². The summed E-state index contributed by atoms with van der Waals surface area (Å²) in [4.78, 5) is 4.03. The molecule has 2 heterocycles. The topological polar surface area (TPSA) is 34.2 Å². The van der Waals surface area contributed by atoms with Crippen LogP contribution in [0.2, 0.25) is 0 Å². The molecule has 1 atom stereocenters. The Morgan fingerprint density at radius 2 is 2.50 bits per heavy atom. The van der Waals surface area contributed by atoms with Gasteiger partial charge in [-0.25, -0.2) is 0 Å². The Morgan fingerprint density at radius 1 is 1.67 bits per heavy atom. The largest absolute Gasteiger partial charge is 0.485 e. The predicted molar refractivity (Wildman–Crippen MR) is 50.5 cm³/mol. The second-order valence-corrected chi connectivity index (χ2v) is 3.66. The summed E-state index contributed by atoms with van der Waals surface area (Å²) in [5.41, 5.74) is 0.961. The van der Waals surface area contributed by atoms with E-state index in [1.54, 1.807) is 12.4 Å². The lowest BCUT2D eigenvalue weighted by Gasteiger charge is -2.24. The molecule has 0 amide bonds. The summed E-state index contributed by atoms with van der Waals surface area (Å²) in [5.74, 6) is 0.865. The van der Waals surface area contributed by atoms with E-state index in [-0.39, 0.29) is 6.10 Å². The molecule has 1 aliphatic rings. The molecule has 0 saturated carbocycles. The summed E-state index contributed by atoms with van der Waals surface area (Å²) in [6, 6.07) is 0. The standard InChI is InChI=1S/C8H9BrN2O/c1-5-2-11-7-4-10-3-6(9)8(7)12-5/h3-5,11H,2H2,1H3. The third kappa shape index (κ3) is 1.27. The molecule has 2 rings (SSSR count). The first-order chi connectivity index (χ1) is 5.77. The number of hydrogen-bond donors (Lipinski definition) is 1. The lowest BCUT2D eigenvalue weighted by molar-refractivity contribution is 0.224. The Labute approximate surface area is 79.3 Å². The summed E-state index contributed by atoms with van der Waals surface area (Å²) in [5, 5.41) is 3.24. The average molecular weight is 229 g/mol. The van der Waals surface area contributed by atoms with Gasteiger partial charge < -0.3 is 10.1 Å². The highest BCUT2D eigenvalue weighted by Crippen LogP contribution is 2.34. The van der Waals surface area contributed by atoms with Gasteiger partial charge in [0, 0.05) is 6.20 Å². The SMILES string of the molecule is CC1CNc2cncc(Br)c2O1. The van der Waals surface area contributed by atoms with Gasteiger partial charge in [0.2, 0.25) is 0 Å². The van der Waals surface area contributed by atoms with Crippen LogP contribution in [-0.2, 0) is 0 Å². The number of nitrogens with one attached hydrogen (secondary N) is 1. The first kappa shape index (κ1) is 7.86. The minimum atomic E-state index is 0.219. The molecule has 0 aliphatic carbocycles. The van der Waals surface area contributed by atoms with Crippen LogP contribution in [0.1, 0.15) is 6.92 Å². The number of fused-ring (bicyclic) bond motifs is 1. The number of anilines is 1. The quantitative estimate of drug-likeness (QED) is 0.739. The van der Waals surface area contributed by atoms with E-state index in [2.05, 4.69) is 26.2 Å². The second kappa shape index (κ2) is 2.94. The van der Waals surface area contributed by atoms with Gasteiger partial charge in [-0.15, -0.1) is 0 Å². The van der Waals surface area contributed by atoms with Crippen molar-refractivity contribution >= 4 is 21.6 Å². The number of nitrogens with zero attached hydrogens (tertiary/aromatic N) is 1. The van der Waals surface area contributed by atoms with Crippen molar-refractivity contribution in [3.05, 3.63) is 16.9 Å². The molecule has 1 unspecified atom stereocenters. The van der Waals surface area contributed by atoms with E-state index in [0.717, 1.165) is 22.5 Å². The van der Waals surface area contributed by atoms with E-state index in [0.29, 0.717) is 0 Å². The molecule has 1 N–H and O–H groups in total. The van der Waals surface area contributed by atoms with Crippen LogP contribution in [0.25, 0.3) is 0 Å². The molecular formula is C8H9BrN2O. The van der Waals surface area contributed by atoms with E-state index in [4.69, 9.17) is 4.74 Å². The van der Waals surface area contributed by atoms with Crippen molar-refractivity contribution in [1.82, 2.24) is 4.98 Å². The minimum absolute atomic E-state index is 0.219. The van der Waals surface area contributed by atoms with Gasteiger partial charge in [-0.2, -0.15) is 0 Å². The highest BCUT2D eigenvalue weighted by atomic mass is 79.9. The first-order valence-electron chi connectivity index (χ1n) is 3.81. The summed E-state index contributed by atoms with van der Waals surface area (Å²) in [7, 11) is 0. The van der Waals surface area contributed by atoms with Crippen LogP contribution in [0.4, 0.5) is 5.69 Å². The van der Waals surface area contributed by atoms with Gasteiger partial charge in [-0.1, -0.05) is 0 Å². The third-order valence-electron chi connectivity index (χ3n) is 1.75. The van der Waals surface area contributed by atoms with Gasteiger partial charge in [0.05, 0.1) is 22.9 Å². The van der Waals surface area contributed by atoms with E-state index < -0.39 is 0 Å². The molecular weight excluding hydrogens is 220 g/mol. The average Bonchev–Trinajstić information content (AvgIpc) is 2.07. The molecule has 1 aromatic rings. The number of ether oxygens (including phenoxy) is 1. The number of halogens is 1. The summed E-state index contributed by atoms with van der Waals surface area (Å²) >= 11 is 3.38. The molecule has 0 radical (unpaired) electrons. The van der Waals surface area contributed by atoms with Crippen LogP contribution in [0, 0.1) is 0 Å². The molecule has 4 heteroatoms. The smallest absolute Gasteiger partial charge is 0.160 e. The van der Waals surface area contributed by atoms with E-state index in [1.165, 1.54) is 0 Å². The van der Waals surface area contributed by atoms with Crippen molar-refractivity contribution in [3.63, 3.8) is 0 Å². The molecule has 3 nitrogen and oxygen atoms in total. The predicted octanol–water partition coefficient (Wildman–Crippen LogP) is 2.04. The molecule has 0 saturated heterocycles. The highest BCUT2D eigenvalue weighted by Gasteiger charge is 2.17. The van der Waals surface area contributed by atoms with E-state index >= 15 is 0 Å². The summed E-state index contributed by atoms with van der Waals surface area (Å²) in [6.45, 7) is 2.87. The fourth-order valence-corrected chi connectivity index (χ4v) is 1.59. The number of hydrogen-bond acceptors (Lipinski definition) is 3. The van der Waals surface area contributed by atoms with Crippen molar-refractivity contribution in [2.75, 3.05) is 11.9 Å². The first-order valence-corrected chi connectivity index (χ1v) is 4.60. The minimum Gasteiger partial charge on any atom is -0.485 e. The lowest BCUT2D eigenvalue weighted by Crippen LogP contribution is -2.27. The normalized spacial score (nSPS) is 20.7. The van der Waals surface area contributed by atoms with Crippen LogP contribution < -0.4 is 10.1 Å². The maximum Gasteiger partial charge on any atom is 0.160 e. The second-order valence-electron chi connectivity index (χ2n) is 2.81. The Morgan fingerprint density at radius 3 is 3.33 bits per heavy atom.